The largest absolute Gasteiger partial charge is 0.491 e. The highest BCUT2D eigenvalue weighted by Gasteiger charge is 1.97. The fraction of sp³-hybridized carbons (Fsp3) is 0.167. The molecule has 0 aliphatic carbocycles. The summed E-state index contributed by atoms with van der Waals surface area (Å²) in [6.45, 7) is 0.603. The molecule has 0 atom stereocenters. The van der Waals surface area contributed by atoms with Crippen molar-refractivity contribution in [3.8, 4) is 5.75 Å². The Balaban J connectivity index is 1.85. The minimum atomic E-state index is 0.345. The standard InChI is InChI=1S/C12H11ClN2O/c13-12-8-11(9-14-15-12)16-7-6-10-4-2-1-3-5-10/h1-5,8-9H,6-7H2. The van der Waals surface area contributed by atoms with Gasteiger partial charge in [0.2, 0.25) is 0 Å². The van der Waals surface area contributed by atoms with Crippen molar-refractivity contribution in [1.82, 2.24) is 10.2 Å². The van der Waals surface area contributed by atoms with Gasteiger partial charge in [-0.1, -0.05) is 41.9 Å². The average Bonchev–Trinajstić information content (AvgIpc) is 2.30. The van der Waals surface area contributed by atoms with E-state index in [2.05, 4.69) is 22.3 Å². The van der Waals surface area contributed by atoms with Crippen LogP contribution in [0.3, 0.4) is 0 Å². The normalized spacial score (nSPS) is 10.1. The molecule has 1 heterocycles. The SMILES string of the molecule is Clc1cc(OCCc2ccccc2)cnn1. The Morgan fingerprint density at radius 1 is 1.19 bits per heavy atom. The number of rotatable bonds is 4. The van der Waals surface area contributed by atoms with Crippen LogP contribution < -0.4 is 4.74 Å². The summed E-state index contributed by atoms with van der Waals surface area (Å²) in [5, 5.41) is 7.69. The predicted molar refractivity (Wildman–Crippen MR) is 62.7 cm³/mol. The van der Waals surface area contributed by atoms with Crippen LogP contribution in [0.1, 0.15) is 5.56 Å². The Morgan fingerprint density at radius 2 is 2.00 bits per heavy atom. The first-order chi connectivity index (χ1) is 7.84. The zero-order valence-electron chi connectivity index (χ0n) is 8.64. The third kappa shape index (κ3) is 3.21. The van der Waals surface area contributed by atoms with Gasteiger partial charge in [0, 0.05) is 12.5 Å². The number of hydrogen-bond donors (Lipinski definition) is 0. The topological polar surface area (TPSA) is 35.0 Å². The highest BCUT2D eigenvalue weighted by molar-refractivity contribution is 6.29. The highest BCUT2D eigenvalue weighted by atomic mass is 35.5. The van der Waals surface area contributed by atoms with E-state index in [0.29, 0.717) is 17.5 Å². The molecule has 0 saturated carbocycles. The summed E-state index contributed by atoms with van der Waals surface area (Å²) in [4.78, 5) is 0. The second kappa shape index (κ2) is 5.47. The summed E-state index contributed by atoms with van der Waals surface area (Å²) < 4.78 is 5.50. The lowest BCUT2D eigenvalue weighted by Crippen LogP contribution is -2.01. The van der Waals surface area contributed by atoms with Gasteiger partial charge in [0.15, 0.2) is 5.15 Å². The zero-order valence-corrected chi connectivity index (χ0v) is 9.39. The van der Waals surface area contributed by atoms with Crippen LogP contribution in [0.25, 0.3) is 0 Å². The molecule has 0 fully saturated rings. The quantitative estimate of drug-likeness (QED) is 0.816. The Hall–Kier alpha value is -1.61. The minimum Gasteiger partial charge on any atom is -0.491 e. The van der Waals surface area contributed by atoms with Crippen LogP contribution in [0.5, 0.6) is 5.75 Å². The van der Waals surface area contributed by atoms with E-state index in [1.165, 1.54) is 5.56 Å². The summed E-state index contributed by atoms with van der Waals surface area (Å²) in [6, 6.07) is 11.8. The molecule has 0 unspecified atom stereocenters. The molecule has 1 aromatic carbocycles. The van der Waals surface area contributed by atoms with Gasteiger partial charge in [-0.15, -0.1) is 5.10 Å². The van der Waals surface area contributed by atoms with E-state index in [4.69, 9.17) is 16.3 Å². The molecule has 2 aromatic rings. The molecule has 0 saturated heterocycles. The lowest BCUT2D eigenvalue weighted by Gasteiger charge is -2.05. The molecule has 82 valence electrons. The first-order valence-electron chi connectivity index (χ1n) is 4.99. The second-order valence-corrected chi connectivity index (χ2v) is 3.69. The van der Waals surface area contributed by atoms with Crippen molar-refractivity contribution < 1.29 is 4.74 Å². The van der Waals surface area contributed by atoms with Crippen molar-refractivity contribution in [2.24, 2.45) is 0 Å². The number of aromatic nitrogens is 2. The first kappa shape index (κ1) is 10.9. The second-order valence-electron chi connectivity index (χ2n) is 3.30. The van der Waals surface area contributed by atoms with Gasteiger partial charge >= 0.3 is 0 Å². The first-order valence-corrected chi connectivity index (χ1v) is 5.37. The van der Waals surface area contributed by atoms with Crippen LogP contribution in [0.2, 0.25) is 5.15 Å². The molecule has 0 bridgehead atoms. The summed E-state index contributed by atoms with van der Waals surface area (Å²) in [5.41, 5.74) is 1.25. The lowest BCUT2D eigenvalue weighted by molar-refractivity contribution is 0.320. The van der Waals surface area contributed by atoms with Gasteiger partial charge < -0.3 is 4.74 Å². The Kier molecular flexibility index (Phi) is 3.72. The molecule has 0 radical (unpaired) electrons. The molecule has 0 N–H and O–H groups in total. The Bertz CT molecular complexity index is 448. The molecule has 0 spiro atoms. The summed E-state index contributed by atoms with van der Waals surface area (Å²) in [5.74, 6) is 0.649. The molecule has 16 heavy (non-hydrogen) atoms. The van der Waals surface area contributed by atoms with E-state index >= 15 is 0 Å². The Labute approximate surface area is 99.0 Å². The predicted octanol–water partition coefficient (Wildman–Crippen LogP) is 2.75. The molecule has 4 heteroatoms. The number of ether oxygens (including phenoxy) is 1. The van der Waals surface area contributed by atoms with Gasteiger partial charge in [0.25, 0.3) is 0 Å². The van der Waals surface area contributed by atoms with E-state index in [0.717, 1.165) is 6.42 Å². The van der Waals surface area contributed by atoms with Crippen LogP contribution in [0.4, 0.5) is 0 Å². The van der Waals surface area contributed by atoms with Crippen LogP contribution in [0.15, 0.2) is 42.6 Å². The van der Waals surface area contributed by atoms with Crippen molar-refractivity contribution in [2.75, 3.05) is 6.61 Å². The third-order valence-electron chi connectivity index (χ3n) is 2.10. The van der Waals surface area contributed by atoms with E-state index in [1.807, 2.05) is 18.2 Å². The molecule has 2 rings (SSSR count). The fourth-order valence-electron chi connectivity index (χ4n) is 1.33. The van der Waals surface area contributed by atoms with Crippen LogP contribution >= 0.6 is 11.6 Å². The Morgan fingerprint density at radius 3 is 2.75 bits per heavy atom. The van der Waals surface area contributed by atoms with E-state index in [1.54, 1.807) is 12.3 Å². The number of halogens is 1. The van der Waals surface area contributed by atoms with Crippen molar-refractivity contribution in [2.45, 2.75) is 6.42 Å². The van der Waals surface area contributed by atoms with Crippen molar-refractivity contribution >= 4 is 11.6 Å². The average molecular weight is 235 g/mol. The maximum Gasteiger partial charge on any atom is 0.155 e. The maximum absolute atomic E-state index is 5.69. The van der Waals surface area contributed by atoms with Crippen LogP contribution in [-0.4, -0.2) is 16.8 Å². The molecule has 0 aliphatic heterocycles. The van der Waals surface area contributed by atoms with Gasteiger partial charge in [-0.05, 0) is 5.56 Å². The maximum atomic E-state index is 5.69. The molecule has 0 aliphatic rings. The van der Waals surface area contributed by atoms with Gasteiger partial charge in [-0.25, -0.2) is 0 Å². The highest BCUT2D eigenvalue weighted by Crippen LogP contribution is 2.13. The summed E-state index contributed by atoms with van der Waals surface area (Å²) >= 11 is 5.69. The van der Waals surface area contributed by atoms with Gasteiger partial charge in [0.1, 0.15) is 5.75 Å². The van der Waals surface area contributed by atoms with Crippen LogP contribution in [0, 0.1) is 0 Å². The smallest absolute Gasteiger partial charge is 0.155 e. The summed E-state index contributed by atoms with van der Waals surface area (Å²) in [6.07, 6.45) is 2.41. The number of hydrogen-bond acceptors (Lipinski definition) is 3. The van der Waals surface area contributed by atoms with E-state index in [-0.39, 0.29) is 0 Å². The molecular weight excluding hydrogens is 224 g/mol. The zero-order chi connectivity index (χ0) is 11.2. The minimum absolute atomic E-state index is 0.345. The van der Waals surface area contributed by atoms with Gasteiger partial charge in [-0.3, -0.25) is 0 Å². The van der Waals surface area contributed by atoms with Gasteiger partial charge in [0.05, 0.1) is 12.8 Å². The van der Waals surface area contributed by atoms with Gasteiger partial charge in [-0.2, -0.15) is 5.10 Å². The van der Waals surface area contributed by atoms with Crippen molar-refractivity contribution in [1.29, 1.82) is 0 Å². The third-order valence-corrected chi connectivity index (χ3v) is 2.29. The molecule has 1 aromatic heterocycles. The number of benzene rings is 1. The number of nitrogens with zero attached hydrogens (tertiary/aromatic N) is 2. The monoisotopic (exact) mass is 234 g/mol. The van der Waals surface area contributed by atoms with Crippen LogP contribution in [-0.2, 0) is 6.42 Å². The van der Waals surface area contributed by atoms with Crippen molar-refractivity contribution in [3.05, 3.63) is 53.3 Å². The molecule has 3 nitrogen and oxygen atoms in total. The lowest BCUT2D eigenvalue weighted by atomic mass is 10.2. The van der Waals surface area contributed by atoms with E-state index < -0.39 is 0 Å². The molecular formula is C12H11ClN2O. The van der Waals surface area contributed by atoms with Crippen molar-refractivity contribution in [3.63, 3.8) is 0 Å². The summed E-state index contributed by atoms with van der Waals surface area (Å²) in [7, 11) is 0. The fourth-order valence-corrected chi connectivity index (χ4v) is 1.49. The molecule has 0 amide bonds. The van der Waals surface area contributed by atoms with E-state index in [9.17, 15) is 0 Å².